The Kier molecular flexibility index (Phi) is 2.69. The summed E-state index contributed by atoms with van der Waals surface area (Å²) in [4.78, 5) is 0. The quantitative estimate of drug-likeness (QED) is 0.844. The van der Waals surface area contributed by atoms with Gasteiger partial charge in [-0.1, -0.05) is 0 Å². The Morgan fingerprint density at radius 3 is 2.41 bits per heavy atom. The molecule has 2 nitrogen and oxygen atoms in total. The second-order valence-electron chi connectivity index (χ2n) is 5.19. The Labute approximate surface area is 101 Å². The van der Waals surface area contributed by atoms with Gasteiger partial charge in [0, 0.05) is 17.8 Å². The highest BCUT2D eigenvalue weighted by Crippen LogP contribution is 2.46. The van der Waals surface area contributed by atoms with Crippen molar-refractivity contribution in [1.29, 1.82) is 0 Å². The molecule has 92 valence electrons. The molecule has 0 amide bonds. The fourth-order valence-electron chi connectivity index (χ4n) is 2.47. The number of ether oxygens (including phenoxy) is 1. The van der Waals surface area contributed by atoms with E-state index in [-0.39, 0.29) is 5.82 Å². The molecule has 0 radical (unpaired) electrons. The monoisotopic (exact) mass is 235 g/mol. The molecule has 3 heteroatoms. The third-order valence-electron chi connectivity index (χ3n) is 3.74. The Morgan fingerprint density at radius 2 is 1.88 bits per heavy atom. The number of hydrogen-bond donors (Lipinski definition) is 1. The maximum absolute atomic E-state index is 13.3. The van der Waals surface area contributed by atoms with E-state index in [1.165, 1.54) is 38.9 Å². The predicted octanol–water partition coefficient (Wildman–Crippen LogP) is 3.43. The highest BCUT2D eigenvalue weighted by Gasteiger charge is 2.41. The fraction of sp³-hybridized carbons (Fsp3) is 0.571. The van der Waals surface area contributed by atoms with Crippen LogP contribution in [-0.2, 0) is 0 Å². The van der Waals surface area contributed by atoms with E-state index in [1.54, 1.807) is 12.1 Å². The van der Waals surface area contributed by atoms with Crippen LogP contribution in [0.3, 0.4) is 0 Å². The summed E-state index contributed by atoms with van der Waals surface area (Å²) < 4.78 is 18.3. The molecule has 0 atom stereocenters. The van der Waals surface area contributed by atoms with E-state index < -0.39 is 0 Å². The first-order valence-electron chi connectivity index (χ1n) is 6.38. The average molecular weight is 235 g/mol. The first-order valence-corrected chi connectivity index (χ1v) is 6.38. The molecule has 2 aliphatic carbocycles. The van der Waals surface area contributed by atoms with Gasteiger partial charge in [-0.25, -0.2) is 4.39 Å². The number of hydrogen-bond acceptors (Lipinski definition) is 2. The summed E-state index contributed by atoms with van der Waals surface area (Å²) in [6.45, 7) is 0. The van der Waals surface area contributed by atoms with Crippen LogP contribution in [0, 0.1) is 17.7 Å². The lowest BCUT2D eigenvalue weighted by atomic mass is 10.1. The van der Waals surface area contributed by atoms with Gasteiger partial charge >= 0.3 is 0 Å². The van der Waals surface area contributed by atoms with E-state index in [4.69, 9.17) is 4.74 Å². The Morgan fingerprint density at radius 1 is 1.24 bits per heavy atom. The molecule has 0 heterocycles. The van der Waals surface area contributed by atoms with Crippen molar-refractivity contribution in [2.75, 3.05) is 12.4 Å². The summed E-state index contributed by atoms with van der Waals surface area (Å²) in [6.07, 6.45) is 5.36. The molecule has 0 spiro atoms. The molecule has 1 aromatic rings. The van der Waals surface area contributed by atoms with Crippen LogP contribution >= 0.6 is 0 Å². The van der Waals surface area contributed by atoms with Crippen LogP contribution in [0.2, 0.25) is 0 Å². The zero-order valence-corrected chi connectivity index (χ0v) is 10.1. The van der Waals surface area contributed by atoms with Crippen LogP contribution < -0.4 is 10.1 Å². The van der Waals surface area contributed by atoms with Crippen LogP contribution in [0.15, 0.2) is 18.2 Å². The molecule has 1 N–H and O–H groups in total. The molecule has 0 saturated heterocycles. The maximum atomic E-state index is 13.3. The zero-order chi connectivity index (χ0) is 11.8. The molecular weight excluding hydrogens is 217 g/mol. The van der Waals surface area contributed by atoms with Gasteiger partial charge < -0.3 is 10.1 Å². The van der Waals surface area contributed by atoms with Gasteiger partial charge in [-0.3, -0.25) is 0 Å². The van der Waals surface area contributed by atoms with E-state index in [0.717, 1.165) is 17.5 Å². The molecule has 0 aliphatic heterocycles. The van der Waals surface area contributed by atoms with Crippen molar-refractivity contribution in [1.82, 2.24) is 0 Å². The van der Waals surface area contributed by atoms with Gasteiger partial charge in [-0.05, 0) is 49.7 Å². The zero-order valence-electron chi connectivity index (χ0n) is 10.1. The standard InChI is InChI=1S/C14H18FNO/c1-17-13-8-11(6-7-12(13)15)16-14(9-2-3-9)10-4-5-10/h6-10,14,16H,2-5H2,1H3. The number of benzene rings is 1. The molecule has 0 aromatic heterocycles. The van der Waals surface area contributed by atoms with Crippen molar-refractivity contribution < 1.29 is 9.13 Å². The van der Waals surface area contributed by atoms with E-state index >= 15 is 0 Å². The van der Waals surface area contributed by atoms with Gasteiger partial charge in [0.05, 0.1) is 7.11 Å². The highest BCUT2D eigenvalue weighted by molar-refractivity contribution is 5.50. The molecule has 0 unspecified atom stereocenters. The number of halogens is 1. The summed E-state index contributed by atoms with van der Waals surface area (Å²) in [6, 6.07) is 5.62. The fourth-order valence-corrected chi connectivity index (χ4v) is 2.47. The third kappa shape index (κ3) is 2.38. The topological polar surface area (TPSA) is 21.3 Å². The van der Waals surface area contributed by atoms with Crippen molar-refractivity contribution >= 4 is 5.69 Å². The third-order valence-corrected chi connectivity index (χ3v) is 3.74. The van der Waals surface area contributed by atoms with E-state index in [0.29, 0.717) is 11.8 Å². The van der Waals surface area contributed by atoms with Crippen molar-refractivity contribution in [3.05, 3.63) is 24.0 Å². The van der Waals surface area contributed by atoms with Crippen LogP contribution in [0.4, 0.5) is 10.1 Å². The lowest BCUT2D eigenvalue weighted by Crippen LogP contribution is -2.24. The normalized spacial score (nSPS) is 19.5. The lowest BCUT2D eigenvalue weighted by molar-refractivity contribution is 0.386. The molecule has 0 bridgehead atoms. The van der Waals surface area contributed by atoms with Crippen LogP contribution in [-0.4, -0.2) is 13.2 Å². The first kappa shape index (κ1) is 10.9. The van der Waals surface area contributed by atoms with Gasteiger partial charge in [0.2, 0.25) is 0 Å². The Bertz CT molecular complexity index is 401. The van der Waals surface area contributed by atoms with Gasteiger partial charge in [0.25, 0.3) is 0 Å². The maximum Gasteiger partial charge on any atom is 0.165 e. The van der Waals surface area contributed by atoms with Gasteiger partial charge in [-0.15, -0.1) is 0 Å². The smallest absolute Gasteiger partial charge is 0.165 e. The van der Waals surface area contributed by atoms with Crippen molar-refractivity contribution in [2.24, 2.45) is 11.8 Å². The molecule has 2 fully saturated rings. The summed E-state index contributed by atoms with van der Waals surface area (Å²) in [7, 11) is 1.50. The van der Waals surface area contributed by atoms with Gasteiger partial charge in [0.15, 0.2) is 11.6 Å². The summed E-state index contributed by atoms with van der Waals surface area (Å²) in [5, 5.41) is 3.56. The highest BCUT2D eigenvalue weighted by atomic mass is 19.1. The summed E-state index contributed by atoms with van der Waals surface area (Å²) in [5.74, 6) is 1.69. The first-order chi connectivity index (χ1) is 8.28. The van der Waals surface area contributed by atoms with Crippen molar-refractivity contribution in [2.45, 2.75) is 31.7 Å². The van der Waals surface area contributed by atoms with E-state index in [1.807, 2.05) is 0 Å². The minimum atomic E-state index is -0.299. The van der Waals surface area contributed by atoms with Crippen molar-refractivity contribution in [3.63, 3.8) is 0 Å². The summed E-state index contributed by atoms with van der Waals surface area (Å²) in [5.41, 5.74) is 0.979. The second-order valence-corrected chi connectivity index (χ2v) is 5.19. The van der Waals surface area contributed by atoms with E-state index in [2.05, 4.69) is 5.32 Å². The molecule has 2 aliphatic rings. The molecule has 2 saturated carbocycles. The van der Waals surface area contributed by atoms with Crippen LogP contribution in [0.1, 0.15) is 25.7 Å². The van der Waals surface area contributed by atoms with E-state index in [9.17, 15) is 4.39 Å². The number of methoxy groups -OCH3 is 1. The SMILES string of the molecule is COc1cc(NC(C2CC2)C2CC2)ccc1F. The Balaban J connectivity index is 1.74. The average Bonchev–Trinajstić information content (AvgIpc) is 3.18. The van der Waals surface area contributed by atoms with Crippen molar-refractivity contribution in [3.8, 4) is 5.75 Å². The number of nitrogens with one attached hydrogen (secondary N) is 1. The molecule has 17 heavy (non-hydrogen) atoms. The predicted molar refractivity (Wildman–Crippen MR) is 65.8 cm³/mol. The largest absolute Gasteiger partial charge is 0.494 e. The Hall–Kier alpha value is -1.25. The minimum Gasteiger partial charge on any atom is -0.494 e. The molecular formula is C14H18FNO. The summed E-state index contributed by atoms with van der Waals surface area (Å²) >= 11 is 0. The molecule has 1 aromatic carbocycles. The minimum absolute atomic E-state index is 0.299. The van der Waals surface area contributed by atoms with Gasteiger partial charge in [-0.2, -0.15) is 0 Å². The number of anilines is 1. The van der Waals surface area contributed by atoms with Gasteiger partial charge in [0.1, 0.15) is 0 Å². The van der Waals surface area contributed by atoms with Crippen LogP contribution in [0.5, 0.6) is 5.75 Å². The molecule has 3 rings (SSSR count). The van der Waals surface area contributed by atoms with Crippen LogP contribution in [0.25, 0.3) is 0 Å². The number of rotatable bonds is 5. The lowest BCUT2D eigenvalue weighted by Gasteiger charge is -2.19. The second kappa shape index (κ2) is 4.21.